The van der Waals surface area contributed by atoms with E-state index in [9.17, 15) is 0 Å². The molecule has 302 valence electrons. The van der Waals surface area contributed by atoms with Crippen molar-refractivity contribution in [2.45, 2.75) is 0 Å². The van der Waals surface area contributed by atoms with Crippen molar-refractivity contribution >= 4 is 75.7 Å². The van der Waals surface area contributed by atoms with Crippen LogP contribution in [0.15, 0.2) is 261 Å². The van der Waals surface area contributed by atoms with Gasteiger partial charge in [-0.1, -0.05) is 0 Å². The van der Waals surface area contributed by atoms with Crippen molar-refractivity contribution in [3.63, 3.8) is 0 Å². The molecule has 0 saturated carbocycles. The van der Waals surface area contributed by atoms with E-state index >= 15 is 9.59 Å². The summed E-state index contributed by atoms with van der Waals surface area (Å²) in [6, 6.07) is 84.1. The van der Waals surface area contributed by atoms with E-state index in [1.165, 1.54) is 6.20 Å². The van der Waals surface area contributed by atoms with E-state index in [1.807, 2.05) is 146 Å². The average molecular weight is 1030 g/mol. The van der Waals surface area contributed by atoms with E-state index in [2.05, 4.69) is 97.1 Å². The van der Waals surface area contributed by atoms with Gasteiger partial charge in [-0.15, -0.1) is 0 Å². The Morgan fingerprint density at radius 3 is 0.726 bits per heavy atom. The fraction of sp³-hybridized carbons (Fsp3) is 0. The summed E-state index contributed by atoms with van der Waals surface area (Å²) in [5.74, 6) is -1.15. The summed E-state index contributed by atoms with van der Waals surface area (Å²) < 4.78 is 22.2. The van der Waals surface area contributed by atoms with Gasteiger partial charge in [0.1, 0.15) is 0 Å². The van der Waals surface area contributed by atoms with Crippen molar-refractivity contribution in [2.24, 2.45) is 0 Å². The van der Waals surface area contributed by atoms with Crippen LogP contribution in [0.2, 0.25) is 0 Å². The predicted molar refractivity (Wildman–Crippen MR) is 255 cm³/mol. The van der Waals surface area contributed by atoms with Gasteiger partial charge in [0.25, 0.3) is 0 Å². The Bertz CT molecular complexity index is 2380. The first kappa shape index (κ1) is 40.9. The van der Waals surface area contributed by atoms with E-state index < -0.39 is 47.6 Å². The molecule has 9 rings (SSSR count). The molecule has 0 spiro atoms. The number of hydrogen-bond donors (Lipinski definition) is 0. The Balaban J connectivity index is 1.20. The molecule has 0 unspecified atom stereocenters. The van der Waals surface area contributed by atoms with E-state index in [0.29, 0.717) is 0 Å². The van der Waals surface area contributed by atoms with Gasteiger partial charge in [0.05, 0.1) is 0 Å². The molecule has 0 amide bonds. The van der Waals surface area contributed by atoms with Crippen LogP contribution in [0.1, 0.15) is 20.8 Å². The summed E-state index contributed by atoms with van der Waals surface area (Å²) in [6.07, 6.45) is 1.44. The minimum absolute atomic E-state index is 0.0690. The van der Waals surface area contributed by atoms with E-state index in [1.54, 1.807) is 12.1 Å². The number of aromatic nitrogens is 1. The molecule has 0 saturated heterocycles. The summed E-state index contributed by atoms with van der Waals surface area (Å²) in [7, 11) is 0. The molecule has 0 bridgehead atoms. The summed E-state index contributed by atoms with van der Waals surface area (Å²) in [5.41, 5.74) is 0.277. The number of nitrogens with zero attached hydrogens (tertiary/aromatic N) is 1. The molecule has 1 aromatic heterocycles. The van der Waals surface area contributed by atoms with Gasteiger partial charge in [-0.25, -0.2) is 0 Å². The molecule has 1 heterocycles. The first-order valence-electron chi connectivity index (χ1n) is 20.4. The summed E-state index contributed by atoms with van der Waals surface area (Å²) in [5, 5.41) is 0. The number of carbonyl (C=O) groups is 2. The first-order valence-corrected chi connectivity index (χ1v) is 32.7. The Kier molecular flexibility index (Phi) is 11.3. The van der Waals surface area contributed by atoms with E-state index in [-0.39, 0.29) is 11.3 Å². The Morgan fingerprint density at radius 2 is 0.516 bits per heavy atom. The maximum atomic E-state index is 15.1. The third-order valence-electron chi connectivity index (χ3n) is 11.7. The molecule has 5 nitrogen and oxygen atoms in total. The molecular weight excluding hydrogens is 982 g/mol. The molecule has 8 aromatic carbocycles. The van der Waals surface area contributed by atoms with Crippen molar-refractivity contribution < 1.29 is 15.6 Å². The number of carbonyl (C=O) groups excluding carboxylic acids is 2. The number of hydrogen-bond acceptors (Lipinski definition) is 5. The van der Waals surface area contributed by atoms with Crippen molar-refractivity contribution in [2.75, 3.05) is 0 Å². The van der Waals surface area contributed by atoms with Crippen LogP contribution in [0.4, 0.5) is 0 Å². The van der Waals surface area contributed by atoms with Gasteiger partial charge in [0.2, 0.25) is 0 Å². The topological polar surface area (TPSA) is 65.5 Å². The molecule has 0 radical (unpaired) electrons. The van der Waals surface area contributed by atoms with Gasteiger partial charge in [0.15, 0.2) is 0 Å². The average Bonchev–Trinajstić information content (AvgIpc) is 3.37. The molecule has 0 atom stereocenters. The molecule has 0 fully saturated rings. The first-order chi connectivity index (χ1) is 30.5. The second kappa shape index (κ2) is 17.1. The van der Waals surface area contributed by atoms with Crippen molar-refractivity contribution in [3.8, 4) is 0 Å². The molecule has 7 heteroatoms. The van der Waals surface area contributed by atoms with Crippen LogP contribution in [0.25, 0.3) is 0 Å². The fourth-order valence-electron chi connectivity index (χ4n) is 8.98. The monoisotopic (exact) mass is 1020 g/mol. The fourth-order valence-corrected chi connectivity index (χ4v) is 41.0. The Hall–Kier alpha value is -6.51. The molecule has 0 aliphatic heterocycles. The molecule has 0 aliphatic carbocycles. The van der Waals surface area contributed by atoms with Crippen molar-refractivity contribution in [1.82, 2.24) is 4.98 Å². The van der Waals surface area contributed by atoms with Crippen molar-refractivity contribution in [1.29, 1.82) is 0 Å². The number of benzene rings is 8. The second-order valence-corrected chi connectivity index (χ2v) is 39.6. The predicted octanol–water partition coefficient (Wildman–Crippen LogP) is 6.45. The quantitative estimate of drug-likeness (QED) is 0.132. The van der Waals surface area contributed by atoms with E-state index in [0.717, 1.165) is 28.1 Å². The van der Waals surface area contributed by atoms with Crippen LogP contribution in [0.5, 0.6) is 0 Å². The molecule has 62 heavy (non-hydrogen) atoms. The molecule has 9 aromatic rings. The van der Waals surface area contributed by atoms with Crippen LogP contribution in [-0.2, 0) is 6.03 Å². The zero-order chi connectivity index (χ0) is 42.3. The Labute approximate surface area is 365 Å². The second-order valence-electron chi connectivity index (χ2n) is 14.9. The van der Waals surface area contributed by atoms with Crippen LogP contribution in [-0.4, -0.2) is 52.6 Å². The third kappa shape index (κ3) is 6.42. The maximum absolute atomic E-state index is 15.1. The van der Waals surface area contributed by atoms with Crippen LogP contribution in [0.3, 0.4) is 0 Å². The molecule has 0 N–H and O–H groups in total. The van der Waals surface area contributed by atoms with Gasteiger partial charge in [-0.3, -0.25) is 0 Å². The van der Waals surface area contributed by atoms with Gasteiger partial charge in [-0.05, 0) is 0 Å². The van der Waals surface area contributed by atoms with Gasteiger partial charge < -0.3 is 0 Å². The summed E-state index contributed by atoms with van der Waals surface area (Å²) in [4.78, 5) is 35.0. The van der Waals surface area contributed by atoms with Crippen molar-refractivity contribution in [3.05, 3.63) is 272 Å². The van der Waals surface area contributed by atoms with E-state index in [4.69, 9.17) is 11.0 Å². The normalized spacial score (nSPS) is 12.7. The number of pyridine rings is 1. The van der Waals surface area contributed by atoms with Gasteiger partial charge in [0, 0.05) is 0 Å². The molecule has 0 aliphatic rings. The standard InChI is InChI=1S/C7H5NO4.8C6H5.2Sb/c9-6(10)4-1-2-5(7(11)12)8-3-4;8*1-2-4-6-5-3-1;;/h1-3H,(H,9,10)(H,11,12);8*1-5H;;/q;;;;;;;;;2*+1/p-2. The number of rotatable bonds is 12. The molecular formula is C55H43NO4Sb2. The van der Waals surface area contributed by atoms with Crippen LogP contribution >= 0.6 is 0 Å². The van der Waals surface area contributed by atoms with Gasteiger partial charge in [-0.2, -0.15) is 0 Å². The minimum atomic E-state index is -5.59. The zero-order valence-corrected chi connectivity index (χ0v) is 38.9. The third-order valence-corrected chi connectivity index (χ3v) is 44.1. The zero-order valence-electron chi connectivity index (χ0n) is 33.8. The SMILES string of the molecule is O=C([O][Sb]([c]1ccccc1)([c]1ccccc1)([c]1ccccc1)[c]1ccccc1)c1ccc(C(=O)[O][Sb]([c]2ccccc2)([c]2ccccc2)([c]2ccccc2)[c]2ccccc2)nc1. The van der Waals surface area contributed by atoms with Crippen LogP contribution < -0.4 is 28.1 Å². The van der Waals surface area contributed by atoms with Crippen LogP contribution in [0, 0.1) is 0 Å². The Morgan fingerprint density at radius 1 is 0.290 bits per heavy atom. The summed E-state index contributed by atoms with van der Waals surface area (Å²) in [6.45, 7) is 0. The summed E-state index contributed by atoms with van der Waals surface area (Å²) >= 11 is -11.2. The van der Waals surface area contributed by atoms with Gasteiger partial charge >= 0.3 is 369 Å².